The number of carbonyl (C=O) groups excluding carboxylic acids is 1. The lowest BCUT2D eigenvalue weighted by Crippen LogP contribution is -2.36. The summed E-state index contributed by atoms with van der Waals surface area (Å²) in [5, 5.41) is 13.1. The quantitative estimate of drug-likeness (QED) is 0.816. The summed E-state index contributed by atoms with van der Waals surface area (Å²) in [6.07, 6.45) is 2.56. The van der Waals surface area contributed by atoms with Gasteiger partial charge in [-0.2, -0.15) is 0 Å². The van der Waals surface area contributed by atoms with Crippen molar-refractivity contribution < 1.29 is 23.8 Å². The van der Waals surface area contributed by atoms with E-state index in [1.807, 2.05) is 38.1 Å². The van der Waals surface area contributed by atoms with Gasteiger partial charge in [-0.1, -0.05) is 18.6 Å². The van der Waals surface area contributed by atoms with Gasteiger partial charge in [0.1, 0.15) is 5.76 Å². The molecule has 26 heavy (non-hydrogen) atoms. The third-order valence-electron chi connectivity index (χ3n) is 5.01. The van der Waals surface area contributed by atoms with E-state index in [-0.39, 0.29) is 17.9 Å². The van der Waals surface area contributed by atoms with Crippen LogP contribution in [0.15, 0.2) is 28.7 Å². The molecule has 2 N–H and O–H groups in total. The van der Waals surface area contributed by atoms with Crippen LogP contribution in [0.25, 0.3) is 11.0 Å². The van der Waals surface area contributed by atoms with Crippen molar-refractivity contribution in [2.45, 2.75) is 45.6 Å². The number of fused-ring (bicyclic) bond motifs is 1. The molecule has 1 fully saturated rings. The monoisotopic (exact) mass is 359 g/mol. The van der Waals surface area contributed by atoms with Gasteiger partial charge in [0.05, 0.1) is 18.6 Å². The lowest BCUT2D eigenvalue weighted by Gasteiger charge is -2.26. The Morgan fingerprint density at radius 3 is 2.85 bits per heavy atom. The largest absolute Gasteiger partial charge is 0.490 e. The highest BCUT2D eigenvalue weighted by Crippen LogP contribution is 2.32. The van der Waals surface area contributed by atoms with E-state index in [1.165, 1.54) is 0 Å². The number of benzene rings is 1. The minimum Gasteiger partial charge on any atom is -0.490 e. The minimum atomic E-state index is -0.809. The summed E-state index contributed by atoms with van der Waals surface area (Å²) in [6, 6.07) is 7.32. The first kappa shape index (κ1) is 18.3. The molecule has 0 bridgehead atoms. The lowest BCUT2D eigenvalue weighted by atomic mass is 9.81. The molecule has 2 aromatic rings. The highest BCUT2D eigenvalue weighted by atomic mass is 16.5. The van der Waals surface area contributed by atoms with Crippen LogP contribution in [-0.4, -0.2) is 23.6 Å². The molecule has 0 aliphatic heterocycles. The number of para-hydroxylation sites is 1. The zero-order valence-electron chi connectivity index (χ0n) is 15.2. The Kier molecular flexibility index (Phi) is 5.49. The maximum atomic E-state index is 12.6. The van der Waals surface area contributed by atoms with Crippen LogP contribution in [0.1, 0.15) is 51.3 Å². The van der Waals surface area contributed by atoms with E-state index in [1.54, 1.807) is 0 Å². The molecular formula is C20H25NO5. The summed E-state index contributed by atoms with van der Waals surface area (Å²) in [6.45, 7) is 4.33. The van der Waals surface area contributed by atoms with Crippen LogP contribution in [-0.2, 0) is 9.59 Å². The summed E-state index contributed by atoms with van der Waals surface area (Å²) in [4.78, 5) is 23.8. The molecule has 1 saturated carbocycles. The van der Waals surface area contributed by atoms with E-state index in [4.69, 9.17) is 9.15 Å². The summed E-state index contributed by atoms with van der Waals surface area (Å²) >= 11 is 0. The number of furan rings is 1. The number of nitrogens with one attached hydrogen (secondary N) is 1. The van der Waals surface area contributed by atoms with Crippen molar-refractivity contribution in [1.29, 1.82) is 0 Å². The van der Waals surface area contributed by atoms with Crippen LogP contribution in [0.3, 0.4) is 0 Å². The molecule has 3 unspecified atom stereocenters. The van der Waals surface area contributed by atoms with Crippen LogP contribution < -0.4 is 10.1 Å². The highest BCUT2D eigenvalue weighted by molar-refractivity contribution is 5.84. The third-order valence-corrected chi connectivity index (χ3v) is 5.01. The predicted octanol–water partition coefficient (Wildman–Crippen LogP) is 3.90. The Hall–Kier alpha value is -2.50. The van der Waals surface area contributed by atoms with Crippen LogP contribution in [0.5, 0.6) is 5.75 Å². The zero-order chi connectivity index (χ0) is 18.7. The third kappa shape index (κ3) is 3.84. The molecule has 6 nitrogen and oxygen atoms in total. The number of hydrogen-bond donors (Lipinski definition) is 2. The second-order valence-electron chi connectivity index (χ2n) is 6.89. The molecule has 1 aromatic heterocycles. The SMILES string of the molecule is CCOc1cccc2cc(C(C)NC(=O)C3CCCC(C(=O)O)C3)oc12. The summed E-state index contributed by atoms with van der Waals surface area (Å²) < 4.78 is 11.5. The average Bonchev–Trinajstić information content (AvgIpc) is 3.07. The fourth-order valence-corrected chi connectivity index (χ4v) is 3.59. The predicted molar refractivity (Wildman–Crippen MR) is 97.0 cm³/mol. The van der Waals surface area contributed by atoms with E-state index in [9.17, 15) is 14.7 Å². The Morgan fingerprint density at radius 2 is 2.12 bits per heavy atom. The van der Waals surface area contributed by atoms with E-state index < -0.39 is 11.9 Å². The van der Waals surface area contributed by atoms with Gasteiger partial charge >= 0.3 is 5.97 Å². The van der Waals surface area contributed by atoms with Gasteiger partial charge in [0, 0.05) is 11.3 Å². The molecule has 3 rings (SSSR count). The van der Waals surface area contributed by atoms with Crippen molar-refractivity contribution in [3.05, 3.63) is 30.0 Å². The Bertz CT molecular complexity index is 797. The van der Waals surface area contributed by atoms with Crippen LogP contribution in [0.4, 0.5) is 0 Å². The Balaban J connectivity index is 1.70. The minimum absolute atomic E-state index is 0.103. The fourth-order valence-electron chi connectivity index (χ4n) is 3.59. The molecule has 1 amide bonds. The zero-order valence-corrected chi connectivity index (χ0v) is 15.2. The summed E-state index contributed by atoms with van der Waals surface area (Å²) in [5.74, 6) is -0.243. The van der Waals surface area contributed by atoms with Crippen molar-refractivity contribution in [3.63, 3.8) is 0 Å². The van der Waals surface area contributed by atoms with Gasteiger partial charge in [0.2, 0.25) is 5.91 Å². The molecule has 1 aliphatic rings. The fraction of sp³-hybridized carbons (Fsp3) is 0.500. The lowest BCUT2D eigenvalue weighted by molar-refractivity contribution is -0.144. The maximum Gasteiger partial charge on any atom is 0.306 e. The van der Waals surface area contributed by atoms with Crippen molar-refractivity contribution in [2.24, 2.45) is 11.8 Å². The number of carboxylic acids is 1. The van der Waals surface area contributed by atoms with Gasteiger partial charge in [0.15, 0.2) is 11.3 Å². The van der Waals surface area contributed by atoms with E-state index >= 15 is 0 Å². The second-order valence-corrected chi connectivity index (χ2v) is 6.89. The van der Waals surface area contributed by atoms with Crippen molar-refractivity contribution in [2.75, 3.05) is 6.61 Å². The van der Waals surface area contributed by atoms with Crippen molar-refractivity contribution >= 4 is 22.8 Å². The molecule has 6 heteroatoms. The first-order valence-corrected chi connectivity index (χ1v) is 9.18. The van der Waals surface area contributed by atoms with Gasteiger partial charge in [-0.05, 0) is 45.2 Å². The maximum absolute atomic E-state index is 12.6. The molecule has 1 heterocycles. The van der Waals surface area contributed by atoms with Gasteiger partial charge in [-0.15, -0.1) is 0 Å². The van der Waals surface area contributed by atoms with Crippen LogP contribution in [0, 0.1) is 11.8 Å². The number of hydrogen-bond acceptors (Lipinski definition) is 4. The Morgan fingerprint density at radius 1 is 1.35 bits per heavy atom. The van der Waals surface area contributed by atoms with Gasteiger partial charge < -0.3 is 19.6 Å². The molecule has 140 valence electrons. The van der Waals surface area contributed by atoms with Gasteiger partial charge in [-0.3, -0.25) is 9.59 Å². The molecule has 3 atom stereocenters. The van der Waals surface area contributed by atoms with Gasteiger partial charge in [-0.25, -0.2) is 0 Å². The molecule has 1 aliphatic carbocycles. The first-order chi connectivity index (χ1) is 12.5. The number of ether oxygens (including phenoxy) is 1. The summed E-state index contributed by atoms with van der Waals surface area (Å²) in [7, 11) is 0. The highest BCUT2D eigenvalue weighted by Gasteiger charge is 2.31. The number of aliphatic carboxylic acids is 1. The smallest absolute Gasteiger partial charge is 0.306 e. The number of carboxylic acid groups (broad SMARTS) is 1. The van der Waals surface area contributed by atoms with E-state index in [2.05, 4.69) is 5.32 Å². The van der Waals surface area contributed by atoms with Crippen molar-refractivity contribution in [1.82, 2.24) is 5.32 Å². The Labute approximate surface area is 152 Å². The molecule has 0 radical (unpaired) electrons. The molecule has 1 aromatic carbocycles. The average molecular weight is 359 g/mol. The van der Waals surface area contributed by atoms with Crippen molar-refractivity contribution in [3.8, 4) is 5.75 Å². The normalized spacial score (nSPS) is 21.3. The van der Waals surface area contributed by atoms with Crippen LogP contribution >= 0.6 is 0 Å². The molecular weight excluding hydrogens is 334 g/mol. The topological polar surface area (TPSA) is 88.8 Å². The summed E-state index contributed by atoms with van der Waals surface area (Å²) in [5.41, 5.74) is 0.675. The van der Waals surface area contributed by atoms with Crippen LogP contribution in [0.2, 0.25) is 0 Å². The van der Waals surface area contributed by atoms with E-state index in [0.717, 1.165) is 18.2 Å². The standard InChI is InChI=1S/C20H25NO5/c1-3-25-16-9-5-6-13-11-17(26-18(13)16)12(2)21-19(22)14-7-4-8-15(10-14)20(23)24/h5-6,9,11-12,14-15H,3-4,7-8,10H2,1-2H3,(H,21,22)(H,23,24). The first-order valence-electron chi connectivity index (χ1n) is 9.18. The molecule has 0 spiro atoms. The molecule has 0 saturated heterocycles. The number of carbonyl (C=O) groups is 2. The second kappa shape index (κ2) is 7.81. The van der Waals surface area contributed by atoms with Gasteiger partial charge in [0.25, 0.3) is 0 Å². The number of rotatable bonds is 6. The van der Waals surface area contributed by atoms with E-state index in [0.29, 0.717) is 36.5 Å². The number of amides is 1.